The zero-order valence-electron chi connectivity index (χ0n) is 22.5. The van der Waals surface area contributed by atoms with E-state index >= 15 is 0 Å². The maximum Gasteiger partial charge on any atom is 0.416 e. The number of H-pyrrole nitrogens is 1. The van der Waals surface area contributed by atoms with Crippen molar-refractivity contribution in [2.45, 2.75) is 22.4 Å². The van der Waals surface area contributed by atoms with E-state index in [-0.39, 0.29) is 34.6 Å². The highest BCUT2D eigenvalue weighted by atomic mass is 32.2. The summed E-state index contributed by atoms with van der Waals surface area (Å²) in [6.45, 7) is 1.60. The van der Waals surface area contributed by atoms with Crippen LogP contribution in [0.3, 0.4) is 0 Å². The van der Waals surface area contributed by atoms with Gasteiger partial charge in [0.15, 0.2) is 18.1 Å². The van der Waals surface area contributed by atoms with Crippen LogP contribution in [-0.2, 0) is 25.3 Å². The molecular formula is C28H24F3N3O7S2. The monoisotopic (exact) mass is 635 g/mol. The number of hydrogen-bond donors (Lipinski definition) is 1. The van der Waals surface area contributed by atoms with E-state index in [0.29, 0.717) is 41.8 Å². The van der Waals surface area contributed by atoms with E-state index in [2.05, 4.69) is 4.98 Å². The Kier molecular flexibility index (Phi) is 7.73. The number of methoxy groups -OCH3 is 1. The van der Waals surface area contributed by atoms with E-state index in [0.717, 1.165) is 46.2 Å². The number of rotatable bonds is 6. The van der Waals surface area contributed by atoms with E-state index in [1.165, 1.54) is 13.2 Å². The van der Waals surface area contributed by atoms with Crippen LogP contribution >= 0.6 is 23.1 Å². The molecule has 2 saturated heterocycles. The largest absolute Gasteiger partial charge is 0.493 e. The van der Waals surface area contributed by atoms with E-state index in [1.807, 2.05) is 0 Å². The quantitative estimate of drug-likeness (QED) is 0.409. The lowest BCUT2D eigenvalue weighted by Crippen LogP contribution is -2.43. The number of nitrogens with zero attached hydrogens (tertiary/aromatic N) is 2. The first kappa shape index (κ1) is 29.3. The molecule has 0 aliphatic carbocycles. The lowest BCUT2D eigenvalue weighted by Gasteiger charge is -2.30. The maximum atomic E-state index is 13.9. The van der Waals surface area contributed by atoms with Crippen molar-refractivity contribution in [2.75, 3.05) is 44.9 Å². The van der Waals surface area contributed by atoms with E-state index in [9.17, 15) is 32.3 Å². The van der Waals surface area contributed by atoms with Crippen molar-refractivity contribution in [3.8, 4) is 11.5 Å². The molecule has 2 aromatic carbocycles. The summed E-state index contributed by atoms with van der Waals surface area (Å²) in [7, 11) is 1.41. The number of imide groups is 1. The van der Waals surface area contributed by atoms with Gasteiger partial charge >= 0.3 is 11.0 Å². The van der Waals surface area contributed by atoms with Crippen LogP contribution in [0.15, 0.2) is 52.3 Å². The molecule has 1 N–H and O–H groups in total. The van der Waals surface area contributed by atoms with Gasteiger partial charge < -0.3 is 24.1 Å². The average molecular weight is 636 g/mol. The van der Waals surface area contributed by atoms with Crippen LogP contribution in [0.2, 0.25) is 0 Å². The summed E-state index contributed by atoms with van der Waals surface area (Å²) in [6, 6.07) is 8.93. The maximum absolute atomic E-state index is 13.9. The molecule has 43 heavy (non-hydrogen) atoms. The number of ether oxygens (including phenoxy) is 3. The Bertz CT molecular complexity index is 1650. The molecule has 3 atom stereocenters. The van der Waals surface area contributed by atoms with Gasteiger partial charge in [-0.1, -0.05) is 35.2 Å². The molecule has 3 amide bonds. The van der Waals surface area contributed by atoms with Gasteiger partial charge in [0.25, 0.3) is 5.91 Å². The molecule has 226 valence electrons. The number of nitrogens with one attached hydrogen (secondary N) is 1. The molecule has 6 rings (SSSR count). The van der Waals surface area contributed by atoms with E-state index in [1.54, 1.807) is 23.1 Å². The number of aromatic amines is 1. The lowest BCUT2D eigenvalue weighted by atomic mass is 9.83. The molecular weight excluding hydrogens is 611 g/mol. The predicted molar refractivity (Wildman–Crippen MR) is 150 cm³/mol. The second kappa shape index (κ2) is 11.4. The van der Waals surface area contributed by atoms with Crippen molar-refractivity contribution in [1.82, 2.24) is 9.88 Å². The van der Waals surface area contributed by atoms with Gasteiger partial charge in [0.2, 0.25) is 11.8 Å². The zero-order chi connectivity index (χ0) is 30.5. The zero-order valence-corrected chi connectivity index (χ0v) is 24.1. The Balaban J connectivity index is 1.33. The molecule has 3 aliphatic heterocycles. The Labute approximate surface area is 250 Å². The number of thiazole rings is 1. The van der Waals surface area contributed by atoms with Gasteiger partial charge in [0.05, 0.1) is 42.5 Å². The van der Waals surface area contributed by atoms with Gasteiger partial charge in [-0.15, -0.1) is 0 Å². The first-order valence-electron chi connectivity index (χ1n) is 13.2. The summed E-state index contributed by atoms with van der Waals surface area (Å²) < 4.78 is 56.8. The van der Waals surface area contributed by atoms with Crippen LogP contribution in [0.25, 0.3) is 0 Å². The number of thioether (sulfide) groups is 1. The third-order valence-corrected chi connectivity index (χ3v) is 9.92. The molecule has 2 fully saturated rings. The number of carbonyl (C=O) groups is 3. The number of halogens is 3. The van der Waals surface area contributed by atoms with Crippen LogP contribution in [0.5, 0.6) is 11.5 Å². The number of aromatic nitrogens is 1. The minimum absolute atomic E-state index is 0.179. The summed E-state index contributed by atoms with van der Waals surface area (Å²) in [5.74, 6) is -2.81. The summed E-state index contributed by atoms with van der Waals surface area (Å²) >= 11 is 1.92. The van der Waals surface area contributed by atoms with Crippen molar-refractivity contribution < 1.29 is 41.8 Å². The van der Waals surface area contributed by atoms with Crippen LogP contribution in [0, 0.1) is 5.92 Å². The van der Waals surface area contributed by atoms with Crippen molar-refractivity contribution >= 4 is 46.5 Å². The Morgan fingerprint density at radius 2 is 1.84 bits per heavy atom. The summed E-state index contributed by atoms with van der Waals surface area (Å²) in [6.07, 6.45) is -4.66. The highest BCUT2D eigenvalue weighted by molar-refractivity contribution is 8.00. The fraction of sp³-hybridized carbons (Fsp3) is 0.357. The molecule has 15 heteroatoms. The highest BCUT2D eigenvalue weighted by Gasteiger charge is 2.56. The second-order valence-corrected chi connectivity index (χ2v) is 12.2. The van der Waals surface area contributed by atoms with Gasteiger partial charge in [-0.25, -0.2) is 4.90 Å². The van der Waals surface area contributed by atoms with Crippen molar-refractivity contribution in [3.63, 3.8) is 0 Å². The van der Waals surface area contributed by atoms with E-state index in [4.69, 9.17) is 14.2 Å². The molecule has 2 unspecified atom stereocenters. The third kappa shape index (κ3) is 5.40. The van der Waals surface area contributed by atoms with Crippen LogP contribution in [0.4, 0.5) is 18.9 Å². The SMILES string of the molecule is COc1cc([C@H]2c3sc(=O)[nH]c3SC3C(=O)N(c4cccc(C(F)(F)F)c4)C(=O)C32)ccc1OCC(=O)N1CCOCC1. The molecule has 0 radical (unpaired) electrons. The molecule has 4 heterocycles. The summed E-state index contributed by atoms with van der Waals surface area (Å²) in [5.41, 5.74) is -0.634. The molecule has 3 aromatic rings. The number of amides is 3. The highest BCUT2D eigenvalue weighted by Crippen LogP contribution is 2.54. The molecule has 1 aromatic heterocycles. The number of anilines is 1. The molecule has 0 bridgehead atoms. The number of benzene rings is 2. The molecule has 0 saturated carbocycles. The Morgan fingerprint density at radius 3 is 2.56 bits per heavy atom. The van der Waals surface area contributed by atoms with Gasteiger partial charge in [-0.2, -0.15) is 13.2 Å². The average Bonchev–Trinajstić information content (AvgIpc) is 3.49. The fourth-order valence-electron chi connectivity index (χ4n) is 5.49. The van der Waals surface area contributed by atoms with Crippen molar-refractivity contribution in [3.05, 3.63) is 68.1 Å². The van der Waals surface area contributed by atoms with Gasteiger partial charge in [0.1, 0.15) is 5.25 Å². The first-order valence-corrected chi connectivity index (χ1v) is 14.9. The van der Waals surface area contributed by atoms with Crippen LogP contribution in [0.1, 0.15) is 21.9 Å². The summed E-state index contributed by atoms with van der Waals surface area (Å²) in [4.78, 5) is 57.7. The molecule has 0 spiro atoms. The van der Waals surface area contributed by atoms with Crippen molar-refractivity contribution in [1.29, 1.82) is 0 Å². The smallest absolute Gasteiger partial charge is 0.416 e. The van der Waals surface area contributed by atoms with E-state index < -0.39 is 40.6 Å². The Hall–Kier alpha value is -3.82. The lowest BCUT2D eigenvalue weighted by molar-refractivity contribution is -0.138. The topological polar surface area (TPSA) is 118 Å². The van der Waals surface area contributed by atoms with Crippen molar-refractivity contribution in [2.24, 2.45) is 5.92 Å². The third-order valence-electron chi connectivity index (χ3n) is 7.52. The minimum Gasteiger partial charge on any atom is -0.493 e. The molecule has 3 aliphatic rings. The van der Waals surface area contributed by atoms with Crippen LogP contribution in [-0.4, -0.2) is 72.9 Å². The number of alkyl halides is 3. The number of hydrogen-bond acceptors (Lipinski definition) is 9. The number of carbonyl (C=O) groups excluding carboxylic acids is 3. The fourth-order valence-corrected chi connectivity index (χ4v) is 8.01. The van der Waals surface area contributed by atoms with Gasteiger partial charge in [-0.3, -0.25) is 19.2 Å². The number of fused-ring (bicyclic) bond motifs is 2. The normalized spacial score (nSPS) is 21.9. The second-order valence-electron chi connectivity index (χ2n) is 10.0. The molecule has 10 nitrogen and oxygen atoms in total. The number of morpholine rings is 1. The standard InChI is InChI=1S/C28H24F3N3O7S2/c1-39-18-11-14(5-6-17(18)41-13-19(35)33-7-9-40-10-8-33)20-21-23(42-24-22(20)43-27(38)32-24)26(37)34(25(21)36)16-4-2-3-15(12-16)28(29,30)31/h2-6,11-12,20-21,23H,7-10,13H2,1H3,(H,32,38)/t20-,21?,23?/m1/s1. The van der Waals surface area contributed by atoms with Crippen LogP contribution < -0.4 is 19.2 Å². The summed E-state index contributed by atoms with van der Waals surface area (Å²) in [5, 5.41) is -0.568. The van der Waals surface area contributed by atoms with Gasteiger partial charge in [0, 0.05) is 23.9 Å². The van der Waals surface area contributed by atoms with Gasteiger partial charge in [-0.05, 0) is 35.9 Å². The Morgan fingerprint density at radius 1 is 1.07 bits per heavy atom. The minimum atomic E-state index is -4.66. The predicted octanol–water partition coefficient (Wildman–Crippen LogP) is 3.50. The first-order chi connectivity index (χ1) is 20.6.